The third-order valence-electron chi connectivity index (χ3n) is 4.68. The Morgan fingerprint density at radius 3 is 2.33 bits per heavy atom. The molecule has 0 aromatic heterocycles. The fourth-order valence-corrected chi connectivity index (χ4v) is 3.45. The van der Waals surface area contributed by atoms with Crippen LogP contribution >= 0.6 is 0 Å². The predicted octanol–water partition coefficient (Wildman–Crippen LogP) is 1.11. The average molecular weight is 298 g/mol. The number of aliphatic hydroxyl groups excluding tert-OH is 1. The number of β-amino-alcohol motifs (C(OH)–C–C–N with tert-alkyl or cyclic N) is 1. The number of ether oxygens (including phenoxy) is 1. The second kappa shape index (κ2) is 8.71. The summed E-state index contributed by atoms with van der Waals surface area (Å²) < 4.78 is 4.96. The number of carbonyl (C=O) groups excluding carboxylic acids is 1. The molecule has 0 saturated carbocycles. The van der Waals surface area contributed by atoms with Gasteiger partial charge in [-0.05, 0) is 38.8 Å². The van der Waals surface area contributed by atoms with Gasteiger partial charge in [0.1, 0.15) is 0 Å². The van der Waals surface area contributed by atoms with Gasteiger partial charge in [-0.25, -0.2) is 0 Å². The molecule has 21 heavy (non-hydrogen) atoms. The van der Waals surface area contributed by atoms with Gasteiger partial charge in [-0.1, -0.05) is 12.8 Å². The van der Waals surface area contributed by atoms with Crippen LogP contribution in [0.4, 0.5) is 0 Å². The second-order valence-corrected chi connectivity index (χ2v) is 6.42. The molecule has 1 amide bonds. The van der Waals surface area contributed by atoms with Crippen LogP contribution in [0.1, 0.15) is 38.5 Å². The van der Waals surface area contributed by atoms with E-state index in [1.807, 2.05) is 0 Å². The van der Waals surface area contributed by atoms with Crippen molar-refractivity contribution in [3.63, 3.8) is 0 Å². The van der Waals surface area contributed by atoms with Gasteiger partial charge in [0.15, 0.2) is 0 Å². The Bertz CT molecular complexity index is 309. The van der Waals surface area contributed by atoms with Crippen LogP contribution in [-0.2, 0) is 9.53 Å². The summed E-state index contributed by atoms with van der Waals surface area (Å²) in [5.74, 6) is 0.563. The second-order valence-electron chi connectivity index (χ2n) is 6.42. The van der Waals surface area contributed by atoms with Gasteiger partial charge in [0.2, 0.25) is 5.91 Å². The first-order valence-corrected chi connectivity index (χ1v) is 8.39. The summed E-state index contributed by atoms with van der Waals surface area (Å²) in [4.78, 5) is 16.9. The minimum Gasteiger partial charge on any atom is -0.389 e. The lowest BCUT2D eigenvalue weighted by Crippen LogP contribution is -2.45. The number of aliphatic hydroxyl groups is 1. The van der Waals surface area contributed by atoms with E-state index in [1.165, 1.54) is 12.8 Å². The fourth-order valence-electron chi connectivity index (χ4n) is 3.45. The number of methoxy groups -OCH3 is 1. The predicted molar refractivity (Wildman–Crippen MR) is 82.1 cm³/mol. The van der Waals surface area contributed by atoms with Crippen molar-refractivity contribution in [1.29, 1.82) is 0 Å². The van der Waals surface area contributed by atoms with Gasteiger partial charge in [-0.3, -0.25) is 4.79 Å². The van der Waals surface area contributed by atoms with Gasteiger partial charge in [0, 0.05) is 32.7 Å². The van der Waals surface area contributed by atoms with E-state index in [1.54, 1.807) is 7.11 Å². The van der Waals surface area contributed by atoms with Gasteiger partial charge in [-0.2, -0.15) is 0 Å². The van der Waals surface area contributed by atoms with E-state index in [4.69, 9.17) is 4.74 Å². The van der Waals surface area contributed by atoms with Crippen LogP contribution in [0.15, 0.2) is 0 Å². The van der Waals surface area contributed by atoms with E-state index in [2.05, 4.69) is 9.80 Å². The summed E-state index contributed by atoms with van der Waals surface area (Å²) in [6, 6.07) is 0. The minimum absolute atomic E-state index is 0.193. The standard InChI is InChI=1S/C16H30N2O3/c1-21-13-15(19)12-17-10-6-14(7-11-17)16(20)18-8-4-2-3-5-9-18/h14-15,19H,2-13H2,1H3/t15-/m1/s1. The Labute approximate surface area is 128 Å². The molecule has 5 heteroatoms. The molecule has 2 saturated heterocycles. The summed E-state index contributed by atoms with van der Waals surface area (Å²) in [5, 5.41) is 9.77. The summed E-state index contributed by atoms with van der Waals surface area (Å²) in [6.07, 6.45) is 6.28. The van der Waals surface area contributed by atoms with E-state index in [9.17, 15) is 9.90 Å². The first-order valence-electron chi connectivity index (χ1n) is 8.39. The minimum atomic E-state index is -0.423. The Morgan fingerprint density at radius 1 is 1.14 bits per heavy atom. The van der Waals surface area contributed by atoms with Gasteiger partial charge >= 0.3 is 0 Å². The zero-order valence-corrected chi connectivity index (χ0v) is 13.3. The highest BCUT2D eigenvalue weighted by Gasteiger charge is 2.29. The van der Waals surface area contributed by atoms with Crippen molar-refractivity contribution >= 4 is 5.91 Å². The quantitative estimate of drug-likeness (QED) is 0.826. The largest absolute Gasteiger partial charge is 0.389 e. The third kappa shape index (κ3) is 5.24. The van der Waals surface area contributed by atoms with Crippen LogP contribution in [0.25, 0.3) is 0 Å². The summed E-state index contributed by atoms with van der Waals surface area (Å²) in [5.41, 5.74) is 0. The molecular weight excluding hydrogens is 268 g/mol. The average Bonchev–Trinajstić information content (AvgIpc) is 2.76. The summed E-state index contributed by atoms with van der Waals surface area (Å²) in [7, 11) is 1.61. The van der Waals surface area contributed by atoms with Gasteiger partial charge < -0.3 is 19.6 Å². The number of hydrogen-bond donors (Lipinski definition) is 1. The topological polar surface area (TPSA) is 53.0 Å². The van der Waals surface area contributed by atoms with Crippen LogP contribution in [0.5, 0.6) is 0 Å². The molecule has 122 valence electrons. The lowest BCUT2D eigenvalue weighted by molar-refractivity contribution is -0.137. The maximum Gasteiger partial charge on any atom is 0.225 e. The molecule has 1 atom stereocenters. The van der Waals surface area contributed by atoms with Crippen molar-refractivity contribution in [2.24, 2.45) is 5.92 Å². The number of rotatable bonds is 5. The van der Waals surface area contributed by atoms with Gasteiger partial charge in [-0.15, -0.1) is 0 Å². The van der Waals surface area contributed by atoms with Crippen LogP contribution in [0.3, 0.4) is 0 Å². The molecule has 5 nitrogen and oxygen atoms in total. The van der Waals surface area contributed by atoms with Gasteiger partial charge in [0.05, 0.1) is 12.7 Å². The normalized spacial score (nSPS) is 23.8. The zero-order valence-electron chi connectivity index (χ0n) is 13.3. The van der Waals surface area contributed by atoms with Crippen molar-refractivity contribution in [1.82, 2.24) is 9.80 Å². The number of carbonyl (C=O) groups is 1. The van der Waals surface area contributed by atoms with Crippen molar-refractivity contribution in [2.75, 3.05) is 46.4 Å². The first kappa shape index (κ1) is 16.7. The van der Waals surface area contributed by atoms with Crippen molar-refractivity contribution in [2.45, 2.75) is 44.6 Å². The third-order valence-corrected chi connectivity index (χ3v) is 4.68. The molecule has 2 heterocycles. The SMILES string of the molecule is COC[C@H](O)CN1CCC(C(=O)N2CCCCCC2)CC1. The van der Waals surface area contributed by atoms with Crippen LogP contribution in [-0.4, -0.2) is 73.4 Å². The number of amides is 1. The van der Waals surface area contributed by atoms with Gasteiger partial charge in [0.25, 0.3) is 0 Å². The molecular formula is C16H30N2O3. The number of hydrogen-bond acceptors (Lipinski definition) is 4. The number of nitrogens with zero attached hydrogens (tertiary/aromatic N) is 2. The van der Waals surface area contributed by atoms with E-state index < -0.39 is 6.10 Å². The molecule has 1 N–H and O–H groups in total. The molecule has 2 aliphatic rings. The van der Waals surface area contributed by atoms with Crippen LogP contribution in [0, 0.1) is 5.92 Å². The highest BCUT2D eigenvalue weighted by Crippen LogP contribution is 2.21. The Balaban J connectivity index is 1.73. The zero-order chi connectivity index (χ0) is 15.1. The lowest BCUT2D eigenvalue weighted by Gasteiger charge is -2.34. The molecule has 0 bridgehead atoms. The lowest BCUT2D eigenvalue weighted by atomic mass is 9.95. The Kier molecular flexibility index (Phi) is 6.93. The molecule has 0 radical (unpaired) electrons. The van der Waals surface area contributed by atoms with E-state index in [0.717, 1.165) is 51.9 Å². The van der Waals surface area contributed by atoms with Crippen LogP contribution in [0.2, 0.25) is 0 Å². The molecule has 0 unspecified atom stereocenters. The highest BCUT2D eigenvalue weighted by atomic mass is 16.5. The maximum absolute atomic E-state index is 12.6. The van der Waals surface area contributed by atoms with Crippen molar-refractivity contribution < 1.29 is 14.6 Å². The van der Waals surface area contributed by atoms with E-state index >= 15 is 0 Å². The monoisotopic (exact) mass is 298 g/mol. The maximum atomic E-state index is 12.6. The molecule has 2 aliphatic heterocycles. The summed E-state index contributed by atoms with van der Waals surface area (Å²) in [6.45, 7) is 4.75. The molecule has 0 aliphatic carbocycles. The van der Waals surface area contributed by atoms with Crippen molar-refractivity contribution in [3.05, 3.63) is 0 Å². The summed E-state index contributed by atoms with van der Waals surface area (Å²) >= 11 is 0. The Hall–Kier alpha value is -0.650. The number of piperidine rings is 1. The van der Waals surface area contributed by atoms with E-state index in [0.29, 0.717) is 19.1 Å². The highest BCUT2D eigenvalue weighted by molar-refractivity contribution is 5.79. The molecule has 0 spiro atoms. The Morgan fingerprint density at radius 2 is 1.76 bits per heavy atom. The van der Waals surface area contributed by atoms with E-state index in [-0.39, 0.29) is 5.92 Å². The first-order chi connectivity index (χ1) is 10.2. The van der Waals surface area contributed by atoms with Crippen molar-refractivity contribution in [3.8, 4) is 0 Å². The molecule has 2 rings (SSSR count). The number of likely N-dealkylation sites (tertiary alicyclic amines) is 2. The van der Waals surface area contributed by atoms with Crippen LogP contribution < -0.4 is 0 Å². The smallest absolute Gasteiger partial charge is 0.225 e. The molecule has 0 aromatic rings. The molecule has 0 aromatic carbocycles. The molecule has 2 fully saturated rings. The fraction of sp³-hybridized carbons (Fsp3) is 0.938.